The minimum atomic E-state index is 0.0639. The van der Waals surface area contributed by atoms with Gasteiger partial charge in [0.05, 0.1) is 19.3 Å². The molecule has 0 amide bonds. The maximum atomic E-state index is 5.63. The Bertz CT molecular complexity index is 585. The summed E-state index contributed by atoms with van der Waals surface area (Å²) < 4.78 is 5.63. The lowest BCUT2D eigenvalue weighted by Gasteiger charge is -2.34. The van der Waals surface area contributed by atoms with Gasteiger partial charge in [-0.25, -0.2) is 9.97 Å². The van der Waals surface area contributed by atoms with Gasteiger partial charge in [0.25, 0.3) is 0 Å². The summed E-state index contributed by atoms with van der Waals surface area (Å²) in [6.07, 6.45) is 1.77. The number of nitrogens with zero attached hydrogens (tertiary/aromatic N) is 4. The van der Waals surface area contributed by atoms with E-state index in [1.807, 2.05) is 26.1 Å². The van der Waals surface area contributed by atoms with Crippen molar-refractivity contribution in [2.75, 3.05) is 32.1 Å². The van der Waals surface area contributed by atoms with Crippen LogP contribution < -0.4 is 5.32 Å². The molecule has 0 aromatic carbocycles. The molecule has 1 aliphatic heterocycles. The maximum absolute atomic E-state index is 5.63. The number of hydrogen-bond acceptors (Lipinski definition) is 6. The van der Waals surface area contributed by atoms with Crippen molar-refractivity contribution >= 4 is 5.82 Å². The number of ether oxygens (including phenoxy) is 1. The van der Waals surface area contributed by atoms with E-state index in [2.05, 4.69) is 30.4 Å². The molecule has 2 aromatic heterocycles. The van der Waals surface area contributed by atoms with Crippen LogP contribution in [0.4, 0.5) is 5.82 Å². The molecule has 2 aromatic rings. The van der Waals surface area contributed by atoms with Crippen LogP contribution in [-0.2, 0) is 11.3 Å². The van der Waals surface area contributed by atoms with Crippen molar-refractivity contribution in [3.63, 3.8) is 0 Å². The quantitative estimate of drug-likeness (QED) is 0.878. The van der Waals surface area contributed by atoms with E-state index < -0.39 is 0 Å². The van der Waals surface area contributed by atoms with Crippen molar-refractivity contribution < 1.29 is 4.74 Å². The Hall–Kier alpha value is -1.99. The summed E-state index contributed by atoms with van der Waals surface area (Å²) in [4.78, 5) is 11.5. The highest BCUT2D eigenvalue weighted by molar-refractivity contribution is 5.35. The third kappa shape index (κ3) is 3.20. The number of anilines is 1. The molecule has 7 nitrogen and oxygen atoms in total. The number of aromatic amines is 1. The van der Waals surface area contributed by atoms with E-state index in [4.69, 9.17) is 4.74 Å². The second kappa shape index (κ2) is 6.19. The monoisotopic (exact) mass is 288 g/mol. The summed E-state index contributed by atoms with van der Waals surface area (Å²) >= 11 is 0. The first-order chi connectivity index (χ1) is 10.3. The third-order valence-electron chi connectivity index (χ3n) is 3.60. The van der Waals surface area contributed by atoms with Gasteiger partial charge < -0.3 is 10.1 Å². The summed E-state index contributed by atoms with van der Waals surface area (Å²) in [6.45, 7) is 4.97. The molecule has 1 saturated heterocycles. The van der Waals surface area contributed by atoms with Crippen molar-refractivity contribution in [2.24, 2.45) is 0 Å². The zero-order valence-electron chi connectivity index (χ0n) is 12.3. The minimum absolute atomic E-state index is 0.0639. The molecule has 0 radical (unpaired) electrons. The second-order valence-corrected chi connectivity index (χ2v) is 5.15. The van der Waals surface area contributed by atoms with Gasteiger partial charge in [0.15, 0.2) is 0 Å². The van der Waals surface area contributed by atoms with Crippen LogP contribution in [0.25, 0.3) is 0 Å². The molecule has 0 bridgehead atoms. The summed E-state index contributed by atoms with van der Waals surface area (Å²) in [7, 11) is 1.87. The van der Waals surface area contributed by atoms with Crippen LogP contribution >= 0.6 is 0 Å². The lowest BCUT2D eigenvalue weighted by molar-refractivity contribution is -0.0164. The Morgan fingerprint density at radius 2 is 2.38 bits per heavy atom. The third-order valence-corrected chi connectivity index (χ3v) is 3.60. The first-order valence-corrected chi connectivity index (χ1v) is 7.09. The summed E-state index contributed by atoms with van der Waals surface area (Å²) in [5.74, 6) is 1.64. The summed E-state index contributed by atoms with van der Waals surface area (Å²) in [5, 5.41) is 10.1. The predicted molar refractivity (Wildman–Crippen MR) is 78.9 cm³/mol. The molecule has 0 unspecified atom stereocenters. The molecule has 7 heteroatoms. The number of aromatic nitrogens is 4. The first-order valence-electron chi connectivity index (χ1n) is 7.09. The van der Waals surface area contributed by atoms with E-state index in [-0.39, 0.29) is 6.04 Å². The molecule has 0 saturated carbocycles. The smallest absolute Gasteiger partial charge is 0.150 e. The highest BCUT2D eigenvalue weighted by Gasteiger charge is 2.27. The Morgan fingerprint density at radius 1 is 1.48 bits per heavy atom. The number of hydrogen-bond donors (Lipinski definition) is 2. The summed E-state index contributed by atoms with van der Waals surface area (Å²) in [5.41, 5.74) is 2.04. The predicted octanol–water partition coefficient (Wildman–Crippen LogP) is 1.12. The number of morpholine rings is 1. The topological polar surface area (TPSA) is 79.0 Å². The minimum Gasteiger partial charge on any atom is -0.378 e. The Balaban J connectivity index is 1.85. The zero-order chi connectivity index (χ0) is 14.7. The molecule has 0 aliphatic carbocycles. The van der Waals surface area contributed by atoms with E-state index in [1.165, 1.54) is 0 Å². The van der Waals surface area contributed by atoms with E-state index in [0.717, 1.165) is 42.7 Å². The van der Waals surface area contributed by atoms with Gasteiger partial charge in [0.1, 0.15) is 11.6 Å². The van der Waals surface area contributed by atoms with Crippen LogP contribution in [0.1, 0.15) is 23.3 Å². The van der Waals surface area contributed by atoms with Gasteiger partial charge in [-0.3, -0.25) is 10.00 Å². The Morgan fingerprint density at radius 3 is 3.14 bits per heavy atom. The fourth-order valence-electron chi connectivity index (χ4n) is 2.53. The average molecular weight is 288 g/mol. The van der Waals surface area contributed by atoms with E-state index in [1.54, 1.807) is 6.20 Å². The molecule has 3 heterocycles. The van der Waals surface area contributed by atoms with E-state index in [0.29, 0.717) is 6.61 Å². The van der Waals surface area contributed by atoms with Crippen molar-refractivity contribution in [3.05, 3.63) is 35.5 Å². The van der Waals surface area contributed by atoms with Gasteiger partial charge in [0, 0.05) is 43.8 Å². The van der Waals surface area contributed by atoms with Crippen molar-refractivity contribution in [1.82, 2.24) is 25.1 Å². The van der Waals surface area contributed by atoms with E-state index in [9.17, 15) is 0 Å². The summed E-state index contributed by atoms with van der Waals surface area (Å²) in [6, 6.07) is 3.99. The number of H-pyrrole nitrogens is 1. The SMILES string of the molecule is CNc1cc(C)nc([C@@H]2COCCN2Cc2ccn[nH]2)n1. The van der Waals surface area contributed by atoms with Crippen LogP contribution in [0.15, 0.2) is 18.3 Å². The van der Waals surface area contributed by atoms with Crippen LogP contribution in [0.2, 0.25) is 0 Å². The van der Waals surface area contributed by atoms with Gasteiger partial charge in [-0.15, -0.1) is 0 Å². The van der Waals surface area contributed by atoms with Gasteiger partial charge in [0.2, 0.25) is 0 Å². The van der Waals surface area contributed by atoms with Gasteiger partial charge in [-0.05, 0) is 13.0 Å². The molecule has 112 valence electrons. The molecule has 21 heavy (non-hydrogen) atoms. The normalized spacial score (nSPS) is 19.6. The molecule has 2 N–H and O–H groups in total. The maximum Gasteiger partial charge on any atom is 0.150 e. The molecule has 3 rings (SSSR count). The molecule has 1 fully saturated rings. The van der Waals surface area contributed by atoms with Crippen LogP contribution in [-0.4, -0.2) is 51.9 Å². The van der Waals surface area contributed by atoms with Gasteiger partial charge in [-0.2, -0.15) is 5.10 Å². The first kappa shape index (κ1) is 14.0. The Labute approximate surface area is 123 Å². The lowest BCUT2D eigenvalue weighted by Crippen LogP contribution is -2.40. The second-order valence-electron chi connectivity index (χ2n) is 5.15. The molecular formula is C14H20N6O. The van der Waals surface area contributed by atoms with Crippen LogP contribution in [0.3, 0.4) is 0 Å². The Kier molecular flexibility index (Phi) is 4.12. The van der Waals surface area contributed by atoms with Crippen molar-refractivity contribution in [1.29, 1.82) is 0 Å². The number of nitrogens with one attached hydrogen (secondary N) is 2. The number of aryl methyl sites for hydroxylation is 1. The van der Waals surface area contributed by atoms with Gasteiger partial charge >= 0.3 is 0 Å². The standard InChI is InChI=1S/C14H20N6O/c1-10-7-13(15-2)18-14(17-10)12-9-21-6-5-20(12)8-11-3-4-16-19-11/h3-4,7,12H,5-6,8-9H2,1-2H3,(H,16,19)(H,15,17,18)/t12-/m0/s1. The largest absolute Gasteiger partial charge is 0.378 e. The van der Waals surface area contributed by atoms with E-state index >= 15 is 0 Å². The molecule has 1 atom stereocenters. The molecular weight excluding hydrogens is 268 g/mol. The average Bonchev–Trinajstić information content (AvgIpc) is 3.00. The van der Waals surface area contributed by atoms with Crippen molar-refractivity contribution in [2.45, 2.75) is 19.5 Å². The zero-order valence-corrected chi connectivity index (χ0v) is 12.3. The van der Waals surface area contributed by atoms with Crippen molar-refractivity contribution in [3.8, 4) is 0 Å². The fourth-order valence-corrected chi connectivity index (χ4v) is 2.53. The van der Waals surface area contributed by atoms with Gasteiger partial charge in [-0.1, -0.05) is 0 Å². The fraction of sp³-hybridized carbons (Fsp3) is 0.500. The van der Waals surface area contributed by atoms with Crippen LogP contribution in [0.5, 0.6) is 0 Å². The molecule has 1 aliphatic rings. The molecule has 0 spiro atoms. The number of rotatable bonds is 4. The highest BCUT2D eigenvalue weighted by Crippen LogP contribution is 2.24. The highest BCUT2D eigenvalue weighted by atomic mass is 16.5. The van der Waals surface area contributed by atoms with Crippen LogP contribution in [0, 0.1) is 6.92 Å². The lowest BCUT2D eigenvalue weighted by atomic mass is 10.2.